The van der Waals surface area contributed by atoms with Crippen molar-refractivity contribution in [2.24, 2.45) is 0 Å². The van der Waals surface area contributed by atoms with Gasteiger partial charge in [-0.05, 0) is 65.8 Å². The van der Waals surface area contributed by atoms with Gasteiger partial charge in [0.15, 0.2) is 12.3 Å². The monoisotopic (exact) mass is 588 g/mol. The van der Waals surface area contributed by atoms with E-state index >= 15 is 0 Å². The fraction of sp³-hybridized carbons (Fsp3) is 0.292. The summed E-state index contributed by atoms with van der Waals surface area (Å²) < 4.78 is 9.34. The maximum atomic E-state index is 12.9. The zero-order valence-electron chi connectivity index (χ0n) is 19.4. The predicted octanol–water partition coefficient (Wildman–Crippen LogP) is 3.39. The van der Waals surface area contributed by atoms with Crippen molar-refractivity contribution in [3.8, 4) is 17.3 Å². The van der Waals surface area contributed by atoms with E-state index in [0.29, 0.717) is 42.2 Å². The second-order valence-corrected chi connectivity index (χ2v) is 9.15. The molecule has 4 aromatic rings. The Kier molecular flexibility index (Phi) is 7.63. The number of rotatable bonds is 9. The fourth-order valence-corrected chi connectivity index (χ4v) is 3.98. The number of fused-ring (bicyclic) bond motifs is 1. The predicted molar refractivity (Wildman–Crippen MR) is 142 cm³/mol. The van der Waals surface area contributed by atoms with Crippen molar-refractivity contribution in [2.45, 2.75) is 39.8 Å². The van der Waals surface area contributed by atoms with Crippen molar-refractivity contribution >= 4 is 45.3 Å². The Morgan fingerprint density at radius 3 is 2.43 bits per heavy atom. The number of aryl methyl sites for hydroxylation is 1. The van der Waals surface area contributed by atoms with Crippen molar-refractivity contribution in [1.29, 1.82) is 0 Å². The molecule has 1 aromatic carbocycles. The van der Waals surface area contributed by atoms with Gasteiger partial charge < -0.3 is 15.0 Å². The van der Waals surface area contributed by atoms with Crippen LogP contribution in [-0.2, 0) is 17.9 Å². The third-order valence-electron chi connectivity index (χ3n) is 5.24. The highest BCUT2D eigenvalue weighted by Crippen LogP contribution is 2.20. The van der Waals surface area contributed by atoms with Crippen molar-refractivity contribution in [3.63, 3.8) is 0 Å². The number of aromatic nitrogens is 5. The van der Waals surface area contributed by atoms with Gasteiger partial charge in [0.25, 0.3) is 11.5 Å². The summed E-state index contributed by atoms with van der Waals surface area (Å²) in [5, 5.41) is 2.76. The van der Waals surface area contributed by atoms with Gasteiger partial charge in [0, 0.05) is 40.2 Å². The van der Waals surface area contributed by atoms with E-state index in [-0.39, 0.29) is 35.2 Å². The maximum Gasteiger partial charge on any atom is 0.332 e. The number of halogens is 1. The highest BCUT2D eigenvalue weighted by atomic mass is 127. The average Bonchev–Trinajstić information content (AvgIpc) is 3.30. The third-order valence-corrected chi connectivity index (χ3v) is 5.96. The van der Waals surface area contributed by atoms with E-state index in [0.717, 1.165) is 9.99 Å². The molecular weight excluding hydrogens is 563 g/mol. The number of nitrogens with zero attached hydrogens (tertiary/aromatic N) is 4. The van der Waals surface area contributed by atoms with Crippen LogP contribution in [0, 0.1) is 3.57 Å². The molecule has 3 heterocycles. The summed E-state index contributed by atoms with van der Waals surface area (Å²) in [7, 11) is 0. The Morgan fingerprint density at radius 2 is 1.77 bits per heavy atom. The maximum absolute atomic E-state index is 12.9. The van der Waals surface area contributed by atoms with E-state index in [1.807, 2.05) is 38.1 Å². The topological polar surface area (TPSA) is 124 Å². The Hall–Kier alpha value is -3.48. The molecule has 182 valence electrons. The molecule has 3 aromatic heterocycles. The number of aromatic amines is 1. The van der Waals surface area contributed by atoms with Gasteiger partial charge in [0.05, 0.1) is 0 Å². The van der Waals surface area contributed by atoms with E-state index in [4.69, 9.17) is 4.74 Å². The molecule has 35 heavy (non-hydrogen) atoms. The fourth-order valence-electron chi connectivity index (χ4n) is 3.62. The van der Waals surface area contributed by atoms with Crippen LogP contribution < -0.4 is 21.3 Å². The summed E-state index contributed by atoms with van der Waals surface area (Å²) in [6.45, 7) is 4.49. The van der Waals surface area contributed by atoms with Crippen LogP contribution in [0.2, 0.25) is 0 Å². The Balaban J connectivity index is 1.52. The van der Waals surface area contributed by atoms with Gasteiger partial charge in [-0.1, -0.05) is 13.8 Å². The first-order valence-electron chi connectivity index (χ1n) is 11.3. The number of amides is 1. The molecule has 0 aliphatic rings. The Labute approximate surface area is 214 Å². The molecule has 2 N–H and O–H groups in total. The van der Waals surface area contributed by atoms with Gasteiger partial charge in [0.2, 0.25) is 5.88 Å². The molecule has 0 atom stereocenters. The summed E-state index contributed by atoms with van der Waals surface area (Å²) in [4.78, 5) is 49.7. The highest BCUT2D eigenvalue weighted by molar-refractivity contribution is 14.1. The molecule has 0 aliphatic carbocycles. The van der Waals surface area contributed by atoms with Gasteiger partial charge in [-0.25, -0.2) is 14.8 Å². The van der Waals surface area contributed by atoms with Crippen LogP contribution in [0.25, 0.3) is 22.6 Å². The second kappa shape index (κ2) is 10.8. The number of pyridine rings is 1. The van der Waals surface area contributed by atoms with E-state index in [2.05, 4.69) is 42.9 Å². The number of nitrogens with one attached hydrogen (secondary N) is 2. The van der Waals surface area contributed by atoms with E-state index in [1.165, 1.54) is 15.3 Å². The smallest absolute Gasteiger partial charge is 0.332 e. The highest BCUT2D eigenvalue weighted by Gasteiger charge is 2.17. The van der Waals surface area contributed by atoms with Crippen molar-refractivity contribution in [3.05, 3.63) is 67.0 Å². The van der Waals surface area contributed by atoms with Gasteiger partial charge in [0.1, 0.15) is 11.3 Å². The lowest BCUT2D eigenvalue weighted by molar-refractivity contribution is -0.118. The number of carbonyl (C=O) groups excluding carboxylic acids is 1. The van der Waals surface area contributed by atoms with Crippen LogP contribution in [0.3, 0.4) is 0 Å². The molecule has 4 rings (SSSR count). The minimum atomic E-state index is -0.384. The van der Waals surface area contributed by atoms with Crippen LogP contribution in [0.4, 0.5) is 5.69 Å². The van der Waals surface area contributed by atoms with Crippen LogP contribution >= 0.6 is 22.6 Å². The number of anilines is 1. The van der Waals surface area contributed by atoms with Crippen molar-refractivity contribution < 1.29 is 9.53 Å². The third kappa shape index (κ3) is 5.45. The van der Waals surface area contributed by atoms with Gasteiger partial charge >= 0.3 is 5.69 Å². The zero-order valence-corrected chi connectivity index (χ0v) is 21.5. The lowest BCUT2D eigenvalue weighted by atomic mass is 10.3. The Morgan fingerprint density at radius 1 is 1.06 bits per heavy atom. The summed E-state index contributed by atoms with van der Waals surface area (Å²) in [5.74, 6) is 0.397. The molecule has 0 spiro atoms. The molecule has 11 heteroatoms. The second-order valence-electron chi connectivity index (χ2n) is 7.90. The number of carbonyl (C=O) groups is 1. The molecule has 0 fully saturated rings. The van der Waals surface area contributed by atoms with Gasteiger partial charge in [-0.15, -0.1) is 0 Å². The molecule has 0 radical (unpaired) electrons. The summed E-state index contributed by atoms with van der Waals surface area (Å²) in [6, 6.07) is 10.8. The quantitative estimate of drug-likeness (QED) is 0.289. The standard InChI is InChI=1S/C24H25IN6O4/c1-3-11-30-22-20(23(33)31(12-4-2)24(30)34)28-21(29-22)15-5-10-19(26-13-15)35-14-18(32)27-17-8-6-16(25)7-9-17/h5-10,13H,3-4,11-12,14H2,1-2H3,(H,27,32)(H,28,29). The molecular formula is C24H25IN6O4. The van der Waals surface area contributed by atoms with Crippen LogP contribution in [0.5, 0.6) is 5.88 Å². The first-order chi connectivity index (χ1) is 16.9. The SMILES string of the molecule is CCCn1c(=O)c2[nH]c(-c3ccc(OCC(=O)Nc4ccc(I)cc4)nc3)nc2n(CCC)c1=O. The summed E-state index contributed by atoms with van der Waals surface area (Å²) >= 11 is 2.19. The molecule has 1 amide bonds. The van der Waals surface area contributed by atoms with Crippen LogP contribution in [0.15, 0.2) is 52.2 Å². The van der Waals surface area contributed by atoms with E-state index in [1.54, 1.807) is 12.1 Å². The molecule has 10 nitrogen and oxygen atoms in total. The Bertz CT molecular complexity index is 1460. The molecule has 0 aliphatic heterocycles. The number of H-pyrrole nitrogens is 1. The first-order valence-corrected chi connectivity index (χ1v) is 12.4. The molecule has 0 unspecified atom stereocenters. The number of hydrogen-bond acceptors (Lipinski definition) is 6. The minimum Gasteiger partial charge on any atom is -0.468 e. The lowest BCUT2D eigenvalue weighted by Gasteiger charge is -2.09. The largest absolute Gasteiger partial charge is 0.468 e. The van der Waals surface area contributed by atoms with Crippen molar-refractivity contribution in [2.75, 3.05) is 11.9 Å². The average molecular weight is 588 g/mol. The number of ether oxygens (including phenoxy) is 1. The van der Waals surface area contributed by atoms with Crippen LogP contribution in [-0.4, -0.2) is 36.6 Å². The molecule has 0 saturated carbocycles. The molecule has 0 bridgehead atoms. The number of benzene rings is 1. The lowest BCUT2D eigenvalue weighted by Crippen LogP contribution is -2.40. The first kappa shape index (κ1) is 24.6. The number of imidazole rings is 1. The molecule has 0 saturated heterocycles. The normalized spacial score (nSPS) is 11.1. The summed E-state index contributed by atoms with van der Waals surface area (Å²) in [5.41, 5.74) is 1.19. The summed E-state index contributed by atoms with van der Waals surface area (Å²) in [6.07, 6.45) is 2.94. The van der Waals surface area contributed by atoms with Crippen molar-refractivity contribution in [1.82, 2.24) is 24.1 Å². The van der Waals surface area contributed by atoms with Gasteiger partial charge in [-0.2, -0.15) is 0 Å². The van der Waals surface area contributed by atoms with E-state index in [9.17, 15) is 14.4 Å². The minimum absolute atomic E-state index is 0.191. The van der Waals surface area contributed by atoms with Gasteiger partial charge in [-0.3, -0.25) is 18.7 Å². The van der Waals surface area contributed by atoms with E-state index < -0.39 is 0 Å². The zero-order chi connectivity index (χ0) is 24.9. The van der Waals surface area contributed by atoms with Crippen LogP contribution in [0.1, 0.15) is 26.7 Å². The number of hydrogen-bond donors (Lipinski definition) is 2.